The van der Waals surface area contributed by atoms with Crippen molar-refractivity contribution in [2.24, 2.45) is 0 Å². The molecule has 0 saturated heterocycles. The number of nitrogens with zero attached hydrogens (tertiary/aromatic N) is 3. The Balaban J connectivity index is 1.62. The highest BCUT2D eigenvalue weighted by Gasteiger charge is 2.21. The minimum atomic E-state index is -2.51. The number of likely N-dealkylation sites (N-methyl/N-ethyl adjacent to an activating group) is 1. The summed E-state index contributed by atoms with van der Waals surface area (Å²) in [4.78, 5) is 16.7. The van der Waals surface area contributed by atoms with E-state index in [1.54, 1.807) is 24.3 Å². The number of alkyl halides is 2. The molecule has 8 heteroatoms. The van der Waals surface area contributed by atoms with Gasteiger partial charge in [0.2, 0.25) is 0 Å². The predicted molar refractivity (Wildman–Crippen MR) is 98.0 cm³/mol. The van der Waals surface area contributed by atoms with Crippen LogP contribution >= 0.6 is 11.3 Å². The summed E-state index contributed by atoms with van der Waals surface area (Å²) in [5.41, 5.74) is 1.79. The van der Waals surface area contributed by atoms with Gasteiger partial charge >= 0.3 is 0 Å². The van der Waals surface area contributed by atoms with Gasteiger partial charge in [-0.1, -0.05) is 12.1 Å². The second-order valence-corrected chi connectivity index (χ2v) is 7.58. The SMILES string of the molecule is CN1CCc2cc(C(=O)Nc3nn(CC(F)F)c4ccccc34)sc2C1. The molecule has 26 heavy (non-hydrogen) atoms. The number of carbonyl (C=O) groups is 1. The van der Waals surface area contributed by atoms with Crippen LogP contribution in [0.15, 0.2) is 30.3 Å². The minimum Gasteiger partial charge on any atom is -0.304 e. The fraction of sp³-hybridized carbons (Fsp3) is 0.333. The largest absolute Gasteiger partial charge is 0.304 e. The van der Waals surface area contributed by atoms with Gasteiger partial charge in [0.25, 0.3) is 12.3 Å². The van der Waals surface area contributed by atoms with E-state index < -0.39 is 13.0 Å². The molecule has 1 N–H and O–H groups in total. The van der Waals surface area contributed by atoms with Crippen LogP contribution in [0.4, 0.5) is 14.6 Å². The van der Waals surface area contributed by atoms with Crippen LogP contribution < -0.4 is 5.32 Å². The van der Waals surface area contributed by atoms with E-state index in [1.165, 1.54) is 26.5 Å². The number of hydrogen-bond donors (Lipinski definition) is 1. The van der Waals surface area contributed by atoms with Crippen LogP contribution in [0.5, 0.6) is 0 Å². The third-order valence-electron chi connectivity index (χ3n) is 4.50. The zero-order valence-corrected chi connectivity index (χ0v) is 15.0. The molecule has 0 radical (unpaired) electrons. The maximum Gasteiger partial charge on any atom is 0.266 e. The van der Waals surface area contributed by atoms with E-state index in [0.717, 1.165) is 19.5 Å². The zero-order valence-electron chi connectivity index (χ0n) is 14.2. The topological polar surface area (TPSA) is 50.2 Å². The monoisotopic (exact) mass is 376 g/mol. The summed E-state index contributed by atoms with van der Waals surface area (Å²) in [6.07, 6.45) is -1.58. The number of carbonyl (C=O) groups excluding carboxylic acids is 1. The van der Waals surface area contributed by atoms with Gasteiger partial charge in [-0.15, -0.1) is 11.3 Å². The van der Waals surface area contributed by atoms with Gasteiger partial charge < -0.3 is 10.2 Å². The summed E-state index contributed by atoms with van der Waals surface area (Å²) >= 11 is 1.48. The van der Waals surface area contributed by atoms with Crippen LogP contribution in [0.1, 0.15) is 20.1 Å². The molecule has 3 aromatic rings. The van der Waals surface area contributed by atoms with E-state index in [4.69, 9.17) is 0 Å². The zero-order chi connectivity index (χ0) is 18.3. The van der Waals surface area contributed by atoms with Crippen molar-refractivity contribution in [3.05, 3.63) is 45.6 Å². The van der Waals surface area contributed by atoms with Gasteiger partial charge in [-0.05, 0) is 37.2 Å². The molecule has 1 aromatic carbocycles. The number of aromatic nitrogens is 2. The van der Waals surface area contributed by atoms with Gasteiger partial charge in [-0.2, -0.15) is 5.10 Å². The quantitative estimate of drug-likeness (QED) is 0.757. The lowest BCUT2D eigenvalue weighted by molar-refractivity contribution is 0.103. The highest BCUT2D eigenvalue weighted by molar-refractivity contribution is 7.14. The lowest BCUT2D eigenvalue weighted by Gasteiger charge is -2.21. The number of fused-ring (bicyclic) bond motifs is 2. The summed E-state index contributed by atoms with van der Waals surface area (Å²) in [5.74, 6) is 0.0641. The summed E-state index contributed by atoms with van der Waals surface area (Å²) in [7, 11) is 2.06. The first-order valence-corrected chi connectivity index (χ1v) is 9.18. The lowest BCUT2D eigenvalue weighted by atomic mass is 10.1. The van der Waals surface area contributed by atoms with Crippen molar-refractivity contribution in [3.63, 3.8) is 0 Å². The molecular formula is C18H18F2N4OS. The summed E-state index contributed by atoms with van der Waals surface area (Å²) < 4.78 is 26.8. The van der Waals surface area contributed by atoms with E-state index in [2.05, 4.69) is 22.4 Å². The van der Waals surface area contributed by atoms with Gasteiger partial charge in [0.05, 0.1) is 10.4 Å². The first-order valence-electron chi connectivity index (χ1n) is 8.36. The van der Waals surface area contributed by atoms with Gasteiger partial charge in [-0.25, -0.2) is 8.78 Å². The van der Waals surface area contributed by atoms with Crippen LogP contribution in [-0.2, 0) is 19.5 Å². The van der Waals surface area contributed by atoms with Crippen molar-refractivity contribution < 1.29 is 13.6 Å². The molecule has 0 aliphatic carbocycles. The number of thiophene rings is 1. The van der Waals surface area contributed by atoms with Crippen molar-refractivity contribution >= 4 is 34.0 Å². The minimum absolute atomic E-state index is 0.250. The highest BCUT2D eigenvalue weighted by atomic mass is 32.1. The first-order chi connectivity index (χ1) is 12.5. The molecule has 136 valence electrons. The fourth-order valence-electron chi connectivity index (χ4n) is 3.22. The standard InChI is InChI=1S/C18H18F2N4OS/c1-23-7-6-11-8-14(26-15(11)9-23)18(25)21-17-12-4-2-3-5-13(12)24(22-17)10-16(19)20/h2-5,8,16H,6-7,9-10H2,1H3,(H,21,22,25). The Morgan fingerprint density at radius 2 is 2.19 bits per heavy atom. The number of hydrogen-bond acceptors (Lipinski definition) is 4. The first kappa shape index (κ1) is 17.1. The Hall–Kier alpha value is -2.32. The molecule has 1 aliphatic rings. The Kier molecular flexibility index (Phi) is 4.46. The molecule has 1 amide bonds. The van der Waals surface area contributed by atoms with Crippen molar-refractivity contribution in [1.82, 2.24) is 14.7 Å². The Bertz CT molecular complexity index is 965. The molecular weight excluding hydrogens is 358 g/mol. The molecule has 0 atom stereocenters. The molecule has 4 rings (SSSR count). The number of anilines is 1. The number of nitrogens with one attached hydrogen (secondary N) is 1. The van der Waals surface area contributed by atoms with Gasteiger partial charge in [0.15, 0.2) is 5.82 Å². The molecule has 0 saturated carbocycles. The average molecular weight is 376 g/mol. The fourth-order valence-corrected chi connectivity index (χ4v) is 4.41. The third-order valence-corrected chi connectivity index (χ3v) is 5.66. The van der Waals surface area contributed by atoms with Gasteiger partial charge in [0, 0.05) is 23.4 Å². The molecule has 0 spiro atoms. The molecule has 2 aromatic heterocycles. The number of halogens is 2. The molecule has 5 nitrogen and oxygen atoms in total. The van der Waals surface area contributed by atoms with Crippen LogP contribution in [0.3, 0.4) is 0 Å². The summed E-state index contributed by atoms with van der Waals surface area (Å²) in [6.45, 7) is 1.32. The van der Waals surface area contributed by atoms with E-state index in [0.29, 0.717) is 21.6 Å². The molecule has 0 bridgehead atoms. The van der Waals surface area contributed by atoms with Crippen molar-refractivity contribution in [3.8, 4) is 0 Å². The Labute approximate surface area is 153 Å². The molecule has 1 aliphatic heterocycles. The second-order valence-electron chi connectivity index (χ2n) is 6.44. The maximum atomic E-state index is 12.8. The number of para-hydroxylation sites is 1. The van der Waals surface area contributed by atoms with Gasteiger partial charge in [0.1, 0.15) is 6.54 Å². The van der Waals surface area contributed by atoms with E-state index in [1.807, 2.05) is 6.07 Å². The van der Waals surface area contributed by atoms with Crippen LogP contribution in [-0.4, -0.2) is 40.6 Å². The molecule has 0 fully saturated rings. The van der Waals surface area contributed by atoms with Crippen LogP contribution in [0, 0.1) is 0 Å². The summed E-state index contributed by atoms with van der Waals surface area (Å²) in [6, 6.07) is 8.99. The molecule has 0 unspecified atom stereocenters. The van der Waals surface area contributed by atoms with Crippen LogP contribution in [0.25, 0.3) is 10.9 Å². The highest BCUT2D eigenvalue weighted by Crippen LogP contribution is 2.29. The van der Waals surface area contributed by atoms with Crippen molar-refractivity contribution in [1.29, 1.82) is 0 Å². The smallest absolute Gasteiger partial charge is 0.266 e. The van der Waals surface area contributed by atoms with E-state index in [-0.39, 0.29) is 5.91 Å². The van der Waals surface area contributed by atoms with Crippen LogP contribution in [0.2, 0.25) is 0 Å². The Morgan fingerprint density at radius 1 is 1.38 bits per heavy atom. The predicted octanol–water partition coefficient (Wildman–Crippen LogP) is 3.60. The number of benzene rings is 1. The number of amides is 1. The summed E-state index contributed by atoms with van der Waals surface area (Å²) in [5, 5.41) is 7.64. The average Bonchev–Trinajstić information content (AvgIpc) is 3.16. The molecule has 3 heterocycles. The Morgan fingerprint density at radius 3 is 3.00 bits per heavy atom. The third kappa shape index (κ3) is 3.22. The maximum absolute atomic E-state index is 12.8. The van der Waals surface area contributed by atoms with E-state index in [9.17, 15) is 13.6 Å². The van der Waals surface area contributed by atoms with E-state index >= 15 is 0 Å². The second kappa shape index (κ2) is 6.77. The van der Waals surface area contributed by atoms with Gasteiger partial charge in [-0.3, -0.25) is 9.48 Å². The van der Waals surface area contributed by atoms with Crippen molar-refractivity contribution in [2.75, 3.05) is 18.9 Å². The lowest BCUT2D eigenvalue weighted by Crippen LogP contribution is -2.24. The normalized spacial score (nSPS) is 14.8. The van der Waals surface area contributed by atoms with Crippen molar-refractivity contribution in [2.45, 2.75) is 25.9 Å². The number of rotatable bonds is 4.